The molecule has 0 aromatic rings. The molecule has 0 aromatic heterocycles. The molecule has 14 heavy (non-hydrogen) atoms. The van der Waals surface area contributed by atoms with E-state index in [1.54, 1.807) is 0 Å². The van der Waals surface area contributed by atoms with E-state index >= 15 is 0 Å². The van der Waals surface area contributed by atoms with Crippen LogP contribution in [0, 0.1) is 10.8 Å². The first kappa shape index (κ1) is 12.0. The fraction of sp³-hybridized carbons (Fsp3) is 1.00. The van der Waals surface area contributed by atoms with Crippen molar-refractivity contribution in [2.75, 3.05) is 26.7 Å². The van der Waals surface area contributed by atoms with Crippen molar-refractivity contribution in [3.05, 3.63) is 0 Å². The molecule has 2 heteroatoms. The monoisotopic (exact) mass is 198 g/mol. The summed E-state index contributed by atoms with van der Waals surface area (Å²) in [6.07, 6.45) is 3.83. The first-order chi connectivity index (χ1) is 6.37. The summed E-state index contributed by atoms with van der Waals surface area (Å²) >= 11 is 0. The van der Waals surface area contributed by atoms with E-state index in [0.29, 0.717) is 10.8 Å². The molecule has 1 aliphatic heterocycles. The number of rotatable bonds is 3. The Labute approximate surface area is 88.8 Å². The Balaban J connectivity index is 2.63. The molecule has 0 saturated carbocycles. The predicted molar refractivity (Wildman–Crippen MR) is 62.3 cm³/mol. The largest absolute Gasteiger partial charge is 0.330 e. The Morgan fingerprint density at radius 2 is 2.00 bits per heavy atom. The maximum atomic E-state index is 5.74. The first-order valence-electron chi connectivity index (χ1n) is 5.76. The molecule has 1 rings (SSSR count). The summed E-state index contributed by atoms with van der Waals surface area (Å²) in [5, 5.41) is 0. The average molecular weight is 198 g/mol. The van der Waals surface area contributed by atoms with Crippen LogP contribution in [0.1, 0.15) is 40.0 Å². The second-order valence-corrected chi connectivity index (χ2v) is 6.26. The Bertz CT molecular complexity index is 179. The highest BCUT2D eigenvalue weighted by molar-refractivity contribution is 4.91. The van der Waals surface area contributed by atoms with Crippen molar-refractivity contribution in [2.24, 2.45) is 16.6 Å². The van der Waals surface area contributed by atoms with Gasteiger partial charge in [0, 0.05) is 6.54 Å². The summed E-state index contributed by atoms with van der Waals surface area (Å²) in [7, 11) is 2.22. The minimum atomic E-state index is 0.431. The zero-order valence-electron chi connectivity index (χ0n) is 10.3. The van der Waals surface area contributed by atoms with Gasteiger partial charge in [-0.1, -0.05) is 20.8 Å². The van der Waals surface area contributed by atoms with Gasteiger partial charge in [-0.2, -0.15) is 0 Å². The molecule has 1 unspecified atom stereocenters. The number of nitrogens with two attached hydrogens (primary N) is 1. The Morgan fingerprint density at radius 3 is 2.36 bits per heavy atom. The van der Waals surface area contributed by atoms with Crippen LogP contribution in [0.5, 0.6) is 0 Å². The van der Waals surface area contributed by atoms with Crippen molar-refractivity contribution in [2.45, 2.75) is 40.0 Å². The number of nitrogens with zero attached hydrogens (tertiary/aromatic N) is 1. The molecular formula is C12H26N2. The van der Waals surface area contributed by atoms with Crippen molar-refractivity contribution in [3.63, 3.8) is 0 Å². The van der Waals surface area contributed by atoms with Crippen molar-refractivity contribution in [1.29, 1.82) is 0 Å². The normalized spacial score (nSPS) is 29.8. The zero-order chi connectivity index (χ0) is 10.8. The molecule has 0 amide bonds. The molecule has 0 aromatic carbocycles. The van der Waals surface area contributed by atoms with Gasteiger partial charge in [0.2, 0.25) is 0 Å². The van der Waals surface area contributed by atoms with Crippen LogP contribution in [0.25, 0.3) is 0 Å². The highest BCUT2D eigenvalue weighted by Gasteiger charge is 2.38. The molecule has 2 nitrogen and oxygen atoms in total. The van der Waals surface area contributed by atoms with Crippen LogP contribution >= 0.6 is 0 Å². The summed E-state index contributed by atoms with van der Waals surface area (Å²) in [6.45, 7) is 10.3. The molecule has 2 N–H and O–H groups in total. The summed E-state index contributed by atoms with van der Waals surface area (Å²) in [6, 6.07) is 0. The van der Waals surface area contributed by atoms with E-state index in [2.05, 4.69) is 32.7 Å². The molecule has 0 aliphatic carbocycles. The Hall–Kier alpha value is -0.0800. The second kappa shape index (κ2) is 4.19. The maximum Gasteiger partial charge on any atom is 0.00361 e. The minimum Gasteiger partial charge on any atom is -0.330 e. The van der Waals surface area contributed by atoms with Gasteiger partial charge < -0.3 is 10.6 Å². The third-order valence-electron chi connectivity index (χ3n) is 3.21. The smallest absolute Gasteiger partial charge is 0.00361 e. The maximum absolute atomic E-state index is 5.74. The van der Waals surface area contributed by atoms with E-state index in [1.165, 1.54) is 32.4 Å². The molecule has 84 valence electrons. The van der Waals surface area contributed by atoms with Crippen molar-refractivity contribution in [1.82, 2.24) is 4.90 Å². The Morgan fingerprint density at radius 1 is 1.36 bits per heavy atom. The molecule has 1 atom stereocenters. The van der Waals surface area contributed by atoms with Crippen molar-refractivity contribution in [3.8, 4) is 0 Å². The fourth-order valence-corrected chi connectivity index (χ4v) is 3.03. The lowest BCUT2D eigenvalue weighted by molar-refractivity contribution is 0.165. The van der Waals surface area contributed by atoms with Crippen LogP contribution in [-0.2, 0) is 0 Å². The first-order valence-corrected chi connectivity index (χ1v) is 5.76. The summed E-state index contributed by atoms with van der Waals surface area (Å²) in [5.74, 6) is 0. The zero-order valence-corrected chi connectivity index (χ0v) is 10.3. The highest BCUT2D eigenvalue weighted by Crippen LogP contribution is 2.42. The van der Waals surface area contributed by atoms with E-state index in [0.717, 1.165) is 6.54 Å². The fourth-order valence-electron chi connectivity index (χ4n) is 3.03. The lowest BCUT2D eigenvalue weighted by Gasteiger charge is -2.35. The van der Waals surface area contributed by atoms with Gasteiger partial charge in [0.1, 0.15) is 0 Å². The predicted octanol–water partition coefficient (Wildman–Crippen LogP) is 2.09. The van der Waals surface area contributed by atoms with E-state index in [1.807, 2.05) is 0 Å². The lowest BCUT2D eigenvalue weighted by atomic mass is 9.71. The van der Waals surface area contributed by atoms with E-state index in [-0.39, 0.29) is 0 Å². The second-order valence-electron chi connectivity index (χ2n) is 6.26. The Kier molecular flexibility index (Phi) is 3.59. The van der Waals surface area contributed by atoms with Crippen LogP contribution < -0.4 is 5.73 Å². The van der Waals surface area contributed by atoms with Gasteiger partial charge in [-0.25, -0.2) is 0 Å². The summed E-state index contributed by atoms with van der Waals surface area (Å²) < 4.78 is 0. The molecule has 1 saturated heterocycles. The molecule has 0 radical (unpaired) electrons. The highest BCUT2D eigenvalue weighted by atomic mass is 15.1. The minimum absolute atomic E-state index is 0.431. The lowest BCUT2D eigenvalue weighted by Crippen LogP contribution is -2.32. The van der Waals surface area contributed by atoms with E-state index in [4.69, 9.17) is 5.73 Å². The topological polar surface area (TPSA) is 29.3 Å². The number of likely N-dealkylation sites (tertiary alicyclic amines) is 1. The van der Waals surface area contributed by atoms with Crippen molar-refractivity contribution >= 4 is 0 Å². The molecular weight excluding hydrogens is 172 g/mol. The van der Waals surface area contributed by atoms with Gasteiger partial charge in [-0.05, 0) is 50.2 Å². The summed E-state index contributed by atoms with van der Waals surface area (Å²) in [5.41, 5.74) is 6.67. The van der Waals surface area contributed by atoms with E-state index in [9.17, 15) is 0 Å². The van der Waals surface area contributed by atoms with Gasteiger partial charge in [-0.15, -0.1) is 0 Å². The standard InChI is InChI=1S/C12H26N2/c1-11(2,3)9-12(5-7-13)6-8-14(4)10-12/h5-10,13H2,1-4H3. The third-order valence-corrected chi connectivity index (χ3v) is 3.21. The number of hydrogen-bond acceptors (Lipinski definition) is 2. The van der Waals surface area contributed by atoms with Crippen LogP contribution in [0.2, 0.25) is 0 Å². The van der Waals surface area contributed by atoms with Gasteiger partial charge in [0.25, 0.3) is 0 Å². The van der Waals surface area contributed by atoms with Crippen LogP contribution in [0.3, 0.4) is 0 Å². The molecule has 1 aliphatic rings. The third kappa shape index (κ3) is 3.25. The van der Waals surface area contributed by atoms with Crippen LogP contribution in [0.4, 0.5) is 0 Å². The summed E-state index contributed by atoms with van der Waals surface area (Å²) in [4.78, 5) is 2.45. The quantitative estimate of drug-likeness (QED) is 0.752. The number of hydrogen-bond donors (Lipinski definition) is 1. The van der Waals surface area contributed by atoms with Gasteiger partial charge >= 0.3 is 0 Å². The average Bonchev–Trinajstić information content (AvgIpc) is 2.28. The molecule has 0 spiro atoms. The van der Waals surface area contributed by atoms with Gasteiger partial charge in [-0.3, -0.25) is 0 Å². The van der Waals surface area contributed by atoms with E-state index < -0.39 is 0 Å². The van der Waals surface area contributed by atoms with Gasteiger partial charge in [0.05, 0.1) is 0 Å². The molecule has 1 heterocycles. The van der Waals surface area contributed by atoms with Crippen LogP contribution in [-0.4, -0.2) is 31.6 Å². The molecule has 1 fully saturated rings. The molecule has 0 bridgehead atoms. The van der Waals surface area contributed by atoms with Crippen molar-refractivity contribution < 1.29 is 0 Å². The SMILES string of the molecule is CN1CCC(CCN)(CC(C)(C)C)C1. The van der Waals surface area contributed by atoms with Gasteiger partial charge in [0.15, 0.2) is 0 Å². The van der Waals surface area contributed by atoms with Crippen LogP contribution in [0.15, 0.2) is 0 Å².